The summed E-state index contributed by atoms with van der Waals surface area (Å²) >= 11 is 1.15. The van der Waals surface area contributed by atoms with Crippen LogP contribution >= 0.6 is 11.3 Å². The zero-order valence-corrected chi connectivity index (χ0v) is 17.6. The third-order valence-electron chi connectivity index (χ3n) is 4.61. The average Bonchev–Trinajstić information content (AvgIpc) is 3.40. The molecule has 1 fully saturated rings. The highest BCUT2D eigenvalue weighted by atomic mass is 32.2. The number of thiophene rings is 1. The molecule has 9 heteroatoms. The number of rotatable bonds is 8. The van der Waals surface area contributed by atoms with Crippen molar-refractivity contribution in [1.82, 2.24) is 9.21 Å². The lowest BCUT2D eigenvalue weighted by Crippen LogP contribution is -2.33. The molecule has 1 amide bonds. The normalized spacial score (nSPS) is 14.8. The Balaban J connectivity index is 1.61. The molecule has 2 aromatic rings. The van der Waals surface area contributed by atoms with Crippen molar-refractivity contribution in [2.45, 2.75) is 17.7 Å². The molecule has 7 nitrogen and oxygen atoms in total. The van der Waals surface area contributed by atoms with Crippen molar-refractivity contribution in [2.75, 3.05) is 40.4 Å². The van der Waals surface area contributed by atoms with E-state index in [1.54, 1.807) is 43.8 Å². The van der Waals surface area contributed by atoms with Crippen LogP contribution in [0.2, 0.25) is 0 Å². The third-order valence-corrected chi connectivity index (χ3v) is 7.58. The zero-order valence-electron chi connectivity index (χ0n) is 16.0. The number of carbonyl (C=O) groups excluding carboxylic acids is 1. The van der Waals surface area contributed by atoms with Gasteiger partial charge in [-0.3, -0.25) is 4.79 Å². The minimum Gasteiger partial charge on any atom is -0.497 e. The number of hydrogen-bond acceptors (Lipinski definition) is 6. The molecule has 0 atom stereocenters. The van der Waals surface area contributed by atoms with Crippen LogP contribution in [0.15, 0.2) is 40.6 Å². The number of nitrogens with zero attached hydrogens (tertiary/aromatic N) is 2. The van der Waals surface area contributed by atoms with Crippen LogP contribution in [0.25, 0.3) is 0 Å². The van der Waals surface area contributed by atoms with Crippen LogP contribution in [-0.4, -0.2) is 63.9 Å². The summed E-state index contributed by atoms with van der Waals surface area (Å²) in [6.07, 6.45) is 1.71. The number of ether oxygens (including phenoxy) is 2. The van der Waals surface area contributed by atoms with Crippen LogP contribution in [0.5, 0.6) is 11.5 Å². The molecular formula is C19H24N2O5S2. The number of likely N-dealkylation sites (N-methyl/N-ethyl adjacent to an activating group) is 1. The van der Waals surface area contributed by atoms with Crippen molar-refractivity contribution in [3.05, 3.63) is 40.6 Å². The van der Waals surface area contributed by atoms with Gasteiger partial charge in [0.15, 0.2) is 0 Å². The van der Waals surface area contributed by atoms with Gasteiger partial charge in [0.2, 0.25) is 10.0 Å². The third kappa shape index (κ3) is 4.48. The summed E-state index contributed by atoms with van der Waals surface area (Å²) < 4.78 is 37.9. The van der Waals surface area contributed by atoms with Crippen LogP contribution in [0, 0.1) is 0 Å². The van der Waals surface area contributed by atoms with Crippen LogP contribution in [-0.2, 0) is 10.0 Å². The smallest absolute Gasteiger partial charge is 0.265 e. The second-order valence-corrected chi connectivity index (χ2v) is 9.30. The first-order valence-electron chi connectivity index (χ1n) is 9.03. The topological polar surface area (TPSA) is 76.1 Å². The van der Waals surface area contributed by atoms with Gasteiger partial charge in [-0.1, -0.05) is 0 Å². The monoisotopic (exact) mass is 424 g/mol. The first-order chi connectivity index (χ1) is 13.4. The number of carbonyl (C=O) groups is 1. The first-order valence-corrected chi connectivity index (χ1v) is 11.4. The fourth-order valence-corrected chi connectivity index (χ4v) is 5.88. The first kappa shape index (κ1) is 20.6. The van der Waals surface area contributed by atoms with Crippen LogP contribution in [0.3, 0.4) is 0 Å². The Kier molecular flexibility index (Phi) is 6.58. The Morgan fingerprint density at radius 2 is 1.79 bits per heavy atom. The molecular weight excluding hydrogens is 400 g/mol. The van der Waals surface area contributed by atoms with E-state index in [0.29, 0.717) is 32.0 Å². The summed E-state index contributed by atoms with van der Waals surface area (Å²) in [6.45, 7) is 1.66. The molecule has 1 aromatic heterocycles. The van der Waals surface area contributed by atoms with Gasteiger partial charge < -0.3 is 14.4 Å². The zero-order chi connectivity index (χ0) is 20.1. The standard InChI is InChI=1S/C19H24N2O5S2/c1-20(12-13-26-16-7-5-15(25-2)6-8-16)19(22)18-17(9-14-27-18)28(23,24)21-10-3-4-11-21/h5-9,14H,3-4,10-13H2,1-2H3. The molecule has 0 N–H and O–H groups in total. The van der Waals surface area contributed by atoms with Crippen molar-refractivity contribution in [1.29, 1.82) is 0 Å². The lowest BCUT2D eigenvalue weighted by molar-refractivity contribution is 0.0775. The molecule has 1 saturated heterocycles. The van der Waals surface area contributed by atoms with E-state index in [1.807, 2.05) is 0 Å². The molecule has 0 radical (unpaired) electrons. The molecule has 1 aromatic carbocycles. The number of benzene rings is 1. The van der Waals surface area contributed by atoms with Crippen LogP contribution in [0.4, 0.5) is 0 Å². The van der Waals surface area contributed by atoms with Gasteiger partial charge in [0.25, 0.3) is 5.91 Å². The molecule has 3 rings (SSSR count). The van der Waals surface area contributed by atoms with Crippen molar-refractivity contribution >= 4 is 27.3 Å². The van der Waals surface area contributed by atoms with Crippen molar-refractivity contribution in [2.24, 2.45) is 0 Å². The van der Waals surface area contributed by atoms with E-state index in [4.69, 9.17) is 9.47 Å². The summed E-state index contributed by atoms with van der Waals surface area (Å²) in [5.74, 6) is 1.10. The second kappa shape index (κ2) is 8.93. The van der Waals surface area contributed by atoms with Gasteiger partial charge in [0.05, 0.1) is 13.7 Å². The second-order valence-electron chi connectivity index (χ2n) is 6.48. The minimum atomic E-state index is -3.62. The predicted molar refractivity (Wildman–Crippen MR) is 108 cm³/mol. The highest BCUT2D eigenvalue weighted by molar-refractivity contribution is 7.89. The molecule has 0 bridgehead atoms. The Hall–Kier alpha value is -2.10. The fraction of sp³-hybridized carbons (Fsp3) is 0.421. The Bertz CT molecular complexity index is 903. The van der Waals surface area contributed by atoms with Gasteiger partial charge in [-0.05, 0) is 48.6 Å². The summed E-state index contributed by atoms with van der Waals surface area (Å²) in [4.78, 5) is 14.6. The minimum absolute atomic E-state index is 0.104. The molecule has 0 saturated carbocycles. The molecule has 1 aliphatic heterocycles. The molecule has 0 spiro atoms. The van der Waals surface area contributed by atoms with E-state index in [0.717, 1.165) is 29.9 Å². The maximum Gasteiger partial charge on any atom is 0.265 e. The van der Waals surface area contributed by atoms with E-state index in [2.05, 4.69) is 0 Å². The van der Waals surface area contributed by atoms with Gasteiger partial charge in [0, 0.05) is 20.1 Å². The highest BCUT2D eigenvalue weighted by Gasteiger charge is 2.32. The van der Waals surface area contributed by atoms with E-state index in [1.165, 1.54) is 15.3 Å². The lowest BCUT2D eigenvalue weighted by Gasteiger charge is -2.19. The van der Waals surface area contributed by atoms with Gasteiger partial charge >= 0.3 is 0 Å². The number of amides is 1. The van der Waals surface area contributed by atoms with Gasteiger partial charge in [0.1, 0.15) is 27.9 Å². The summed E-state index contributed by atoms with van der Waals surface area (Å²) in [7, 11) is -0.381. The fourth-order valence-electron chi connectivity index (χ4n) is 2.97. The van der Waals surface area contributed by atoms with Crippen molar-refractivity contribution < 1.29 is 22.7 Å². The van der Waals surface area contributed by atoms with E-state index in [-0.39, 0.29) is 15.7 Å². The number of methoxy groups -OCH3 is 1. The van der Waals surface area contributed by atoms with Crippen molar-refractivity contribution in [3.63, 3.8) is 0 Å². The molecule has 2 heterocycles. The molecule has 0 aliphatic carbocycles. The van der Waals surface area contributed by atoms with Crippen LogP contribution in [0.1, 0.15) is 22.5 Å². The number of sulfonamides is 1. The Labute approximate surface area is 169 Å². The maximum absolute atomic E-state index is 12.8. The maximum atomic E-state index is 12.8. The van der Waals surface area contributed by atoms with Gasteiger partial charge in [-0.15, -0.1) is 11.3 Å². The van der Waals surface area contributed by atoms with Crippen molar-refractivity contribution in [3.8, 4) is 11.5 Å². The molecule has 1 aliphatic rings. The van der Waals surface area contributed by atoms with E-state index >= 15 is 0 Å². The summed E-state index contributed by atoms with van der Waals surface area (Å²) in [5.41, 5.74) is 0. The van der Waals surface area contributed by atoms with Crippen LogP contribution < -0.4 is 9.47 Å². The van der Waals surface area contributed by atoms with Gasteiger partial charge in [-0.2, -0.15) is 4.31 Å². The molecule has 152 valence electrons. The molecule has 28 heavy (non-hydrogen) atoms. The summed E-state index contributed by atoms with van der Waals surface area (Å²) in [6, 6.07) is 8.70. The largest absolute Gasteiger partial charge is 0.497 e. The van der Waals surface area contributed by atoms with Gasteiger partial charge in [-0.25, -0.2) is 8.42 Å². The lowest BCUT2D eigenvalue weighted by atomic mass is 10.3. The van der Waals surface area contributed by atoms with E-state index in [9.17, 15) is 13.2 Å². The number of hydrogen-bond donors (Lipinski definition) is 0. The quantitative estimate of drug-likeness (QED) is 0.651. The molecule has 0 unspecified atom stereocenters. The average molecular weight is 425 g/mol. The summed E-state index contributed by atoms with van der Waals surface area (Å²) in [5, 5.41) is 1.65. The SMILES string of the molecule is COc1ccc(OCCN(C)C(=O)c2sccc2S(=O)(=O)N2CCCC2)cc1. The highest BCUT2D eigenvalue weighted by Crippen LogP contribution is 2.28. The Morgan fingerprint density at radius 3 is 2.43 bits per heavy atom. The predicted octanol–water partition coefficient (Wildman–Crippen LogP) is 2.69. The Morgan fingerprint density at radius 1 is 1.14 bits per heavy atom. The van der Waals surface area contributed by atoms with E-state index < -0.39 is 10.0 Å².